The fourth-order valence-corrected chi connectivity index (χ4v) is 5.14. The molecule has 0 aliphatic carbocycles. The molecule has 0 aliphatic heterocycles. The van der Waals surface area contributed by atoms with E-state index in [1.54, 1.807) is 23.5 Å². The summed E-state index contributed by atoms with van der Waals surface area (Å²) in [5, 5.41) is 2.26. The van der Waals surface area contributed by atoms with Crippen molar-refractivity contribution in [3.8, 4) is 22.4 Å². The largest absolute Gasteiger partial charge is 0.256 e. The molecule has 0 radical (unpaired) electrons. The van der Waals surface area contributed by atoms with Gasteiger partial charge in [-0.15, -0.1) is 11.3 Å². The van der Waals surface area contributed by atoms with Crippen LogP contribution < -0.4 is 0 Å². The fourth-order valence-electron chi connectivity index (χ4n) is 3.87. The highest BCUT2D eigenvalue weighted by Crippen LogP contribution is 2.44. The highest BCUT2D eigenvalue weighted by molar-refractivity contribution is 7.26. The second-order valence-corrected chi connectivity index (χ2v) is 8.65. The normalized spacial score (nSPS) is 11.6. The quantitative estimate of drug-likeness (QED) is 0.300. The van der Waals surface area contributed by atoms with Crippen molar-refractivity contribution in [2.75, 3.05) is 0 Å². The molecule has 142 valence electrons. The Morgan fingerprint density at radius 3 is 2.45 bits per heavy atom. The summed E-state index contributed by atoms with van der Waals surface area (Å²) in [6.45, 7) is 4.38. The summed E-state index contributed by atoms with van der Waals surface area (Å²) >= 11 is 1.64. The molecule has 5 rings (SSSR count). The van der Waals surface area contributed by atoms with Gasteiger partial charge in [-0.05, 0) is 52.9 Å². The molecule has 0 spiro atoms. The van der Waals surface area contributed by atoms with Crippen LogP contribution in [0.5, 0.6) is 0 Å². The van der Waals surface area contributed by atoms with Crippen LogP contribution in [0.1, 0.15) is 25.3 Å². The molecule has 0 N–H and O–H groups in total. The summed E-state index contributed by atoms with van der Waals surface area (Å²) in [5.74, 6) is 0.235. The summed E-state index contributed by atoms with van der Waals surface area (Å²) in [7, 11) is 0. The maximum Gasteiger partial charge on any atom is 0.124 e. The lowest BCUT2D eigenvalue weighted by Crippen LogP contribution is -1.91. The minimum atomic E-state index is -0.202. The number of aromatic nitrogens is 1. The number of halogens is 1. The number of fused-ring (bicyclic) bond motifs is 3. The van der Waals surface area contributed by atoms with Gasteiger partial charge in [0.1, 0.15) is 5.82 Å². The molecule has 3 aromatic carbocycles. The number of thiophene rings is 1. The molecule has 0 amide bonds. The number of benzene rings is 3. The molecule has 0 saturated heterocycles. The van der Waals surface area contributed by atoms with Crippen LogP contribution in [0.4, 0.5) is 4.39 Å². The van der Waals surface area contributed by atoms with E-state index < -0.39 is 0 Å². The summed E-state index contributed by atoms with van der Waals surface area (Å²) in [4.78, 5) is 4.66. The Bertz CT molecular complexity index is 1340. The third kappa shape index (κ3) is 3.12. The first kappa shape index (κ1) is 18.0. The molecule has 0 fully saturated rings. The van der Waals surface area contributed by atoms with E-state index in [0.29, 0.717) is 5.92 Å². The summed E-state index contributed by atoms with van der Waals surface area (Å²) in [6, 6.07) is 24.0. The second-order valence-electron chi connectivity index (χ2n) is 7.60. The number of hydrogen-bond donors (Lipinski definition) is 0. The average Bonchev–Trinajstić information content (AvgIpc) is 3.12. The van der Waals surface area contributed by atoms with Crippen molar-refractivity contribution in [3.63, 3.8) is 0 Å². The predicted molar refractivity (Wildman–Crippen MR) is 122 cm³/mol. The third-order valence-electron chi connectivity index (χ3n) is 5.39. The smallest absolute Gasteiger partial charge is 0.124 e. The number of pyridine rings is 1. The Morgan fingerprint density at radius 2 is 1.66 bits per heavy atom. The van der Waals surface area contributed by atoms with Gasteiger partial charge < -0.3 is 0 Å². The van der Waals surface area contributed by atoms with Gasteiger partial charge in [-0.2, -0.15) is 0 Å². The highest BCUT2D eigenvalue weighted by atomic mass is 32.1. The van der Waals surface area contributed by atoms with Gasteiger partial charge in [-0.25, -0.2) is 4.39 Å². The zero-order valence-electron chi connectivity index (χ0n) is 16.3. The Balaban J connectivity index is 1.86. The minimum absolute atomic E-state index is 0.202. The van der Waals surface area contributed by atoms with Gasteiger partial charge in [-0.3, -0.25) is 4.98 Å². The molecule has 0 bridgehead atoms. The van der Waals surface area contributed by atoms with Crippen LogP contribution in [-0.2, 0) is 0 Å². The van der Waals surface area contributed by atoms with E-state index >= 15 is 0 Å². The highest BCUT2D eigenvalue weighted by Gasteiger charge is 2.17. The molecule has 2 heterocycles. The van der Waals surface area contributed by atoms with E-state index in [-0.39, 0.29) is 5.82 Å². The first-order chi connectivity index (χ1) is 14.1. The number of hydrogen-bond acceptors (Lipinski definition) is 2. The molecule has 0 unspecified atom stereocenters. The van der Waals surface area contributed by atoms with Crippen molar-refractivity contribution in [2.45, 2.75) is 19.8 Å². The Kier molecular flexibility index (Phi) is 4.40. The second kappa shape index (κ2) is 7.09. The molecule has 29 heavy (non-hydrogen) atoms. The van der Waals surface area contributed by atoms with Gasteiger partial charge in [0.2, 0.25) is 0 Å². The Morgan fingerprint density at radius 1 is 0.862 bits per heavy atom. The van der Waals surface area contributed by atoms with Crippen LogP contribution in [-0.4, -0.2) is 4.98 Å². The standard InChI is InChI=1S/C26H20FNS/c1-16(2)18-12-13-28-23(14-18)21-11-10-20(17-6-4-3-5-7-17)25-22-9-8-19(27)15-24(22)29-26(21)25/h3-16H,1-2H3. The molecule has 0 aliphatic rings. The van der Waals surface area contributed by atoms with Crippen LogP contribution in [0.3, 0.4) is 0 Å². The van der Waals surface area contributed by atoms with Gasteiger partial charge in [-0.1, -0.05) is 56.3 Å². The molecular formula is C26H20FNS. The maximum absolute atomic E-state index is 13.9. The third-order valence-corrected chi connectivity index (χ3v) is 6.58. The van der Waals surface area contributed by atoms with E-state index in [2.05, 4.69) is 67.4 Å². The van der Waals surface area contributed by atoms with Crippen molar-refractivity contribution in [3.05, 3.63) is 90.4 Å². The van der Waals surface area contributed by atoms with E-state index in [9.17, 15) is 4.39 Å². The van der Waals surface area contributed by atoms with Crippen molar-refractivity contribution in [2.24, 2.45) is 0 Å². The van der Waals surface area contributed by atoms with Crippen LogP contribution in [0, 0.1) is 5.82 Å². The fraction of sp³-hybridized carbons (Fsp3) is 0.115. The van der Waals surface area contributed by atoms with Crippen molar-refractivity contribution in [1.29, 1.82) is 0 Å². The molecule has 0 atom stereocenters. The summed E-state index contributed by atoms with van der Waals surface area (Å²) < 4.78 is 16.1. The lowest BCUT2D eigenvalue weighted by atomic mass is 9.95. The number of nitrogens with zero attached hydrogens (tertiary/aromatic N) is 1. The number of rotatable bonds is 3. The van der Waals surface area contributed by atoms with Crippen LogP contribution >= 0.6 is 11.3 Å². The Labute approximate surface area is 173 Å². The van der Waals surface area contributed by atoms with Gasteiger partial charge >= 0.3 is 0 Å². The van der Waals surface area contributed by atoms with Crippen molar-refractivity contribution in [1.82, 2.24) is 4.98 Å². The zero-order valence-corrected chi connectivity index (χ0v) is 17.1. The predicted octanol–water partition coefficient (Wildman–Crippen LogP) is 8.05. The lowest BCUT2D eigenvalue weighted by Gasteiger charge is -2.11. The van der Waals surface area contributed by atoms with Gasteiger partial charge in [0.25, 0.3) is 0 Å². The topological polar surface area (TPSA) is 12.9 Å². The maximum atomic E-state index is 13.9. The Hall–Kier alpha value is -3.04. The zero-order chi connectivity index (χ0) is 20.0. The van der Waals surface area contributed by atoms with Gasteiger partial charge in [0.15, 0.2) is 0 Å². The first-order valence-electron chi connectivity index (χ1n) is 9.78. The molecular weight excluding hydrogens is 377 g/mol. The minimum Gasteiger partial charge on any atom is -0.256 e. The molecule has 1 nitrogen and oxygen atoms in total. The van der Waals surface area contributed by atoms with E-state index in [1.807, 2.05) is 18.3 Å². The van der Waals surface area contributed by atoms with Crippen LogP contribution in [0.2, 0.25) is 0 Å². The summed E-state index contributed by atoms with van der Waals surface area (Å²) in [6.07, 6.45) is 1.88. The van der Waals surface area contributed by atoms with Crippen molar-refractivity contribution < 1.29 is 4.39 Å². The van der Waals surface area contributed by atoms with Crippen LogP contribution in [0.25, 0.3) is 42.6 Å². The van der Waals surface area contributed by atoms with Gasteiger partial charge in [0.05, 0.1) is 5.69 Å². The SMILES string of the molecule is CC(C)c1ccnc(-c2ccc(-c3ccccc3)c3c2sc2cc(F)ccc23)c1. The van der Waals surface area contributed by atoms with Crippen molar-refractivity contribution >= 4 is 31.5 Å². The monoisotopic (exact) mass is 397 g/mol. The molecule has 5 aromatic rings. The molecule has 2 aromatic heterocycles. The average molecular weight is 398 g/mol. The van der Waals surface area contributed by atoms with E-state index in [4.69, 9.17) is 0 Å². The van der Waals surface area contributed by atoms with E-state index in [0.717, 1.165) is 31.6 Å². The molecule has 0 saturated carbocycles. The lowest BCUT2D eigenvalue weighted by molar-refractivity contribution is 0.630. The molecule has 3 heteroatoms. The van der Waals surface area contributed by atoms with Gasteiger partial charge in [0, 0.05) is 31.9 Å². The van der Waals surface area contributed by atoms with E-state index in [1.165, 1.54) is 16.5 Å². The van der Waals surface area contributed by atoms with Crippen LogP contribution in [0.15, 0.2) is 79.0 Å². The first-order valence-corrected chi connectivity index (χ1v) is 10.6. The summed E-state index contributed by atoms with van der Waals surface area (Å²) in [5.41, 5.74) is 5.67.